The lowest BCUT2D eigenvalue weighted by Gasteiger charge is -2.32. The summed E-state index contributed by atoms with van der Waals surface area (Å²) in [5, 5.41) is 2.39. The summed E-state index contributed by atoms with van der Waals surface area (Å²) in [6.07, 6.45) is 21.3. The first-order chi connectivity index (χ1) is 21.8. The molecule has 1 aliphatic heterocycles. The van der Waals surface area contributed by atoms with Crippen molar-refractivity contribution in [2.45, 2.75) is 163 Å². The minimum absolute atomic E-state index is 0.00939. The Kier molecular flexibility index (Phi) is 26.4. The van der Waals surface area contributed by atoms with Crippen molar-refractivity contribution in [2.75, 3.05) is 51.6 Å². The lowest BCUT2D eigenvalue weighted by molar-refractivity contribution is 0.151. The van der Waals surface area contributed by atoms with Crippen LogP contribution >= 0.6 is 24.8 Å². The van der Waals surface area contributed by atoms with Crippen molar-refractivity contribution in [1.82, 2.24) is 20.2 Å². The van der Waals surface area contributed by atoms with Gasteiger partial charge in [0.15, 0.2) is 0 Å². The molecule has 6 unspecified atom stereocenters. The smallest absolute Gasteiger partial charge is 0.301 e. The second-order valence-electron chi connectivity index (χ2n) is 14.2. The summed E-state index contributed by atoms with van der Waals surface area (Å²) in [6, 6.07) is 0. The summed E-state index contributed by atoms with van der Waals surface area (Å²) in [5.74, 6) is 4.38. The Balaban J connectivity index is 2.90. The Morgan fingerprint density at radius 1 is 0.644 bits per heavy atom. The van der Waals surface area contributed by atoms with Crippen LogP contribution in [0.5, 0.6) is 0 Å². The van der Waals surface area contributed by atoms with Crippen LogP contribution in [0, 0.1) is 23.7 Å². The molecule has 0 aliphatic carbocycles. The van der Waals surface area contributed by atoms with E-state index in [9.17, 15) is 0 Å². The molecule has 0 radical (unpaired) electrons. The zero-order chi connectivity index (χ0) is 33.5. The highest BCUT2D eigenvalue weighted by Crippen LogP contribution is 2.25. The lowest BCUT2D eigenvalue weighted by atomic mass is 9.95. The van der Waals surface area contributed by atoms with E-state index in [1.54, 1.807) is 0 Å². The van der Waals surface area contributed by atoms with Gasteiger partial charge in [-0.15, -0.1) is 12.6 Å². The Morgan fingerprint density at radius 3 is 1.33 bits per heavy atom. The van der Waals surface area contributed by atoms with Gasteiger partial charge in [0.2, 0.25) is 4.71 Å². The quantitative estimate of drug-likeness (QED) is 0.0444. The van der Waals surface area contributed by atoms with E-state index in [1.807, 2.05) is 0 Å². The van der Waals surface area contributed by atoms with Crippen molar-refractivity contribution in [3.05, 3.63) is 0 Å². The first-order valence-electron chi connectivity index (χ1n) is 19.7. The average Bonchev–Trinajstić information content (AvgIpc) is 3.32. The average molecular weight is 688 g/mol. The van der Waals surface area contributed by atoms with E-state index in [0.29, 0.717) is 0 Å². The first kappa shape index (κ1) is 43.5. The number of thiol groups is 1. The molecule has 45 heavy (non-hydrogen) atoms. The number of nitrogens with zero attached hydrogens (tertiary/aromatic N) is 3. The van der Waals surface area contributed by atoms with Crippen molar-refractivity contribution in [2.24, 2.45) is 23.7 Å². The summed E-state index contributed by atoms with van der Waals surface area (Å²) < 4.78 is 1.23. The molecular formula is C38H79N4S3+. The molecule has 1 heterocycles. The second-order valence-corrected chi connectivity index (χ2v) is 17.9. The maximum absolute atomic E-state index is 6.01. The van der Waals surface area contributed by atoms with Crippen molar-refractivity contribution >= 4 is 40.1 Å². The van der Waals surface area contributed by atoms with E-state index in [0.717, 1.165) is 53.4 Å². The molecule has 1 saturated heterocycles. The van der Waals surface area contributed by atoms with Crippen LogP contribution in [0.3, 0.4) is 0 Å². The summed E-state index contributed by atoms with van der Waals surface area (Å²) in [5.41, 5.74) is 3.65. The van der Waals surface area contributed by atoms with E-state index < -0.39 is 0 Å². The number of hydrogen-bond donors (Lipinski definition) is 2. The van der Waals surface area contributed by atoms with Crippen molar-refractivity contribution in [3.63, 3.8) is 0 Å². The third kappa shape index (κ3) is 18.2. The number of nitrogens with one attached hydrogen (secondary N) is 1. The van der Waals surface area contributed by atoms with Gasteiger partial charge in [0, 0.05) is 45.8 Å². The van der Waals surface area contributed by atoms with Crippen LogP contribution in [0.4, 0.5) is 0 Å². The summed E-state index contributed by atoms with van der Waals surface area (Å²) >= 11 is 11.2. The van der Waals surface area contributed by atoms with Crippen LogP contribution in [-0.2, 0) is 10.9 Å². The molecule has 1 N–H and O–H groups in total. The number of hydrazine groups is 1. The van der Waals surface area contributed by atoms with Gasteiger partial charge >= 0.3 is 4.32 Å². The predicted octanol–water partition coefficient (Wildman–Crippen LogP) is 10.4. The Bertz CT molecular complexity index is 674. The van der Waals surface area contributed by atoms with Crippen molar-refractivity contribution < 1.29 is 0 Å². The van der Waals surface area contributed by atoms with Gasteiger partial charge in [-0.2, -0.15) is 5.01 Å². The van der Waals surface area contributed by atoms with Crippen molar-refractivity contribution in [3.8, 4) is 0 Å². The molecule has 0 aromatic rings. The largest absolute Gasteiger partial charge is 0.304 e. The molecular weight excluding hydrogens is 609 g/mol. The highest BCUT2D eigenvalue weighted by molar-refractivity contribution is 8.25. The van der Waals surface area contributed by atoms with E-state index in [1.165, 1.54) is 129 Å². The van der Waals surface area contributed by atoms with Gasteiger partial charge in [-0.25, -0.2) is 0 Å². The van der Waals surface area contributed by atoms with Gasteiger partial charge < -0.3 is 4.90 Å². The third-order valence-corrected chi connectivity index (χ3v) is 14.2. The zero-order valence-electron chi connectivity index (χ0n) is 31.5. The second kappa shape index (κ2) is 27.3. The number of hydrogen-bond acceptors (Lipinski definition) is 5. The topological polar surface area (TPSA) is 21.8 Å². The van der Waals surface area contributed by atoms with Crippen LogP contribution in [0.2, 0.25) is 0 Å². The van der Waals surface area contributed by atoms with Gasteiger partial charge in [0.25, 0.3) is 0 Å². The molecule has 7 heteroatoms. The Hall–Kier alpha value is 0.470. The van der Waals surface area contributed by atoms with Gasteiger partial charge in [-0.3, -0.25) is 10.3 Å². The number of thiocarbonyl (C=S) groups is 1. The SMILES string of the molecule is CCCCC(CC)CN(CCN1NC(=S)[S+](CCN(CC(CC)CCCC)CC(CC)CCCC)C1S)CC(CC)CCCC. The molecule has 0 saturated carbocycles. The fourth-order valence-corrected chi connectivity index (χ4v) is 10.4. The molecule has 1 aliphatic rings. The fraction of sp³-hybridized carbons (Fsp3) is 0.974. The molecule has 268 valence electrons. The normalized spacial score (nSPS) is 20.2. The monoisotopic (exact) mass is 688 g/mol. The Labute approximate surface area is 297 Å². The highest BCUT2D eigenvalue weighted by atomic mass is 32.2. The molecule has 0 bridgehead atoms. The molecule has 0 aromatic carbocycles. The standard InChI is InChI=1S/C38H78N4S3/c1-9-17-21-33(13-5)29-40(30-34(14-6)22-18-10-2)25-26-42-38(44)45(37(43)39-42)28-27-41(31-35(15-7)23-19-11-3)32-36(16-8)24-20-12-4/h33-36,38H,9-32H2,1-8H3,(H-,39,43,44)/p+1. The maximum Gasteiger partial charge on any atom is 0.304 e. The summed E-state index contributed by atoms with van der Waals surface area (Å²) in [7, 11) is -0.00939. The summed E-state index contributed by atoms with van der Waals surface area (Å²) in [6.45, 7) is 27.1. The fourth-order valence-electron chi connectivity index (χ4n) is 6.97. The molecule has 4 nitrogen and oxygen atoms in total. The van der Waals surface area contributed by atoms with E-state index in [4.69, 9.17) is 24.8 Å². The summed E-state index contributed by atoms with van der Waals surface area (Å²) in [4.78, 5) is 5.63. The van der Waals surface area contributed by atoms with Gasteiger partial charge in [-0.05, 0) is 61.6 Å². The van der Waals surface area contributed by atoms with E-state index in [-0.39, 0.29) is 15.6 Å². The maximum atomic E-state index is 6.01. The molecule has 0 amide bonds. The molecule has 0 aromatic heterocycles. The number of rotatable bonds is 30. The minimum Gasteiger partial charge on any atom is -0.301 e. The first-order valence-corrected chi connectivity index (χ1v) is 22.1. The van der Waals surface area contributed by atoms with Crippen LogP contribution in [0.25, 0.3) is 0 Å². The Morgan fingerprint density at radius 2 is 1.00 bits per heavy atom. The molecule has 6 atom stereocenters. The lowest BCUT2D eigenvalue weighted by Crippen LogP contribution is -2.44. The van der Waals surface area contributed by atoms with Crippen LogP contribution < -0.4 is 5.43 Å². The minimum atomic E-state index is -0.00939. The van der Waals surface area contributed by atoms with Gasteiger partial charge in [0.05, 0.1) is 10.9 Å². The van der Waals surface area contributed by atoms with Crippen molar-refractivity contribution in [1.29, 1.82) is 0 Å². The van der Waals surface area contributed by atoms with Crippen LogP contribution in [0.1, 0.15) is 158 Å². The van der Waals surface area contributed by atoms with E-state index >= 15 is 0 Å². The molecule has 1 rings (SSSR count). The van der Waals surface area contributed by atoms with Crippen LogP contribution in [-0.4, -0.2) is 75.4 Å². The molecule has 1 fully saturated rings. The highest BCUT2D eigenvalue weighted by Gasteiger charge is 2.45. The third-order valence-electron chi connectivity index (χ3n) is 10.5. The van der Waals surface area contributed by atoms with E-state index in [2.05, 4.69) is 75.6 Å². The molecule has 0 spiro atoms. The van der Waals surface area contributed by atoms with Gasteiger partial charge in [-0.1, -0.05) is 132 Å². The van der Waals surface area contributed by atoms with Gasteiger partial charge in [0.1, 0.15) is 5.75 Å². The zero-order valence-corrected chi connectivity index (χ0v) is 34.0. The number of unbranched alkanes of at least 4 members (excludes halogenated alkanes) is 4. The predicted molar refractivity (Wildman–Crippen MR) is 214 cm³/mol. The van der Waals surface area contributed by atoms with Crippen LogP contribution in [0.15, 0.2) is 0 Å².